The predicted octanol–water partition coefficient (Wildman–Crippen LogP) is 1.98. The molecule has 1 heterocycles. The van der Waals surface area contributed by atoms with Gasteiger partial charge in [-0.3, -0.25) is 0 Å². The van der Waals surface area contributed by atoms with Crippen LogP contribution in [0, 0.1) is 6.92 Å². The number of anilines is 3. The Bertz CT molecular complexity index is 515. The van der Waals surface area contributed by atoms with Gasteiger partial charge >= 0.3 is 0 Å². The molecule has 0 saturated carbocycles. The van der Waals surface area contributed by atoms with E-state index in [1.165, 1.54) is 5.56 Å². The Balaban J connectivity index is 2.00. The van der Waals surface area contributed by atoms with Crippen molar-refractivity contribution in [1.29, 1.82) is 0 Å². The molecule has 6 heteroatoms. The lowest BCUT2D eigenvalue weighted by atomic mass is 10.2. The third kappa shape index (κ3) is 4.18. The number of aromatic nitrogens is 3. The molecule has 1 aromatic carbocycles. The van der Waals surface area contributed by atoms with Crippen molar-refractivity contribution in [2.24, 2.45) is 0 Å². The number of hydrogen-bond donors (Lipinski definition) is 2. The molecule has 2 aromatic rings. The summed E-state index contributed by atoms with van der Waals surface area (Å²) in [5.74, 6) is 1.13. The van der Waals surface area contributed by atoms with E-state index in [9.17, 15) is 0 Å². The molecule has 0 atom stereocenters. The monoisotopic (exact) mass is 259 g/mol. The lowest BCUT2D eigenvalue weighted by Crippen LogP contribution is -2.11. The highest BCUT2D eigenvalue weighted by molar-refractivity contribution is 5.56. The first-order valence-electron chi connectivity index (χ1n) is 6.04. The summed E-state index contributed by atoms with van der Waals surface area (Å²) in [6, 6.07) is 8.06. The minimum atomic E-state index is 0.481. The Labute approximate surface area is 112 Å². The summed E-state index contributed by atoms with van der Waals surface area (Å²) in [6.45, 7) is 3.29. The molecular weight excluding hydrogens is 242 g/mol. The highest BCUT2D eigenvalue weighted by Crippen LogP contribution is 2.14. The van der Waals surface area contributed by atoms with Gasteiger partial charge in [0.2, 0.25) is 5.95 Å². The van der Waals surface area contributed by atoms with Crippen LogP contribution in [0.3, 0.4) is 0 Å². The van der Waals surface area contributed by atoms with Gasteiger partial charge in [0, 0.05) is 19.3 Å². The van der Waals surface area contributed by atoms with E-state index in [4.69, 9.17) is 4.74 Å². The standard InChI is InChI=1S/C13H17N5O/c1-10-3-5-11(6-4-10)16-12-9-15-18-13(17-12)14-7-8-19-2/h3-6,9H,7-8H2,1-2H3,(H2,14,16,17,18). The summed E-state index contributed by atoms with van der Waals surface area (Å²) in [5.41, 5.74) is 2.18. The predicted molar refractivity (Wildman–Crippen MR) is 74.7 cm³/mol. The van der Waals surface area contributed by atoms with Crippen LogP contribution in [-0.2, 0) is 4.74 Å². The first kappa shape index (κ1) is 13.2. The number of nitrogens with one attached hydrogen (secondary N) is 2. The van der Waals surface area contributed by atoms with Crippen LogP contribution in [-0.4, -0.2) is 35.4 Å². The number of hydrogen-bond acceptors (Lipinski definition) is 6. The van der Waals surface area contributed by atoms with E-state index in [1.807, 2.05) is 31.2 Å². The molecule has 0 spiro atoms. The molecule has 0 radical (unpaired) electrons. The number of methoxy groups -OCH3 is 1. The van der Waals surface area contributed by atoms with Gasteiger partial charge in [0.25, 0.3) is 0 Å². The molecule has 0 unspecified atom stereocenters. The van der Waals surface area contributed by atoms with Crippen LogP contribution in [0.5, 0.6) is 0 Å². The molecule has 0 aliphatic rings. The van der Waals surface area contributed by atoms with Crippen molar-refractivity contribution < 1.29 is 4.74 Å². The number of rotatable bonds is 6. The van der Waals surface area contributed by atoms with Gasteiger partial charge in [-0.15, -0.1) is 5.10 Å². The molecule has 19 heavy (non-hydrogen) atoms. The number of aryl methyl sites for hydroxylation is 1. The fourth-order valence-electron chi connectivity index (χ4n) is 1.49. The molecule has 2 N–H and O–H groups in total. The molecule has 1 aromatic heterocycles. The second kappa shape index (κ2) is 6.65. The number of nitrogens with zero attached hydrogens (tertiary/aromatic N) is 3. The first-order chi connectivity index (χ1) is 9.28. The Morgan fingerprint density at radius 3 is 2.74 bits per heavy atom. The van der Waals surface area contributed by atoms with Crippen molar-refractivity contribution in [3.8, 4) is 0 Å². The second-order valence-electron chi connectivity index (χ2n) is 4.08. The molecule has 0 saturated heterocycles. The maximum Gasteiger partial charge on any atom is 0.244 e. The quantitative estimate of drug-likeness (QED) is 0.773. The van der Waals surface area contributed by atoms with Crippen LogP contribution in [0.15, 0.2) is 30.5 Å². The lowest BCUT2D eigenvalue weighted by molar-refractivity contribution is 0.210. The molecule has 0 bridgehead atoms. The smallest absolute Gasteiger partial charge is 0.244 e. The van der Waals surface area contributed by atoms with Gasteiger partial charge in [-0.1, -0.05) is 17.7 Å². The van der Waals surface area contributed by atoms with E-state index in [0.717, 1.165) is 5.69 Å². The van der Waals surface area contributed by atoms with E-state index in [2.05, 4.69) is 25.8 Å². The maximum absolute atomic E-state index is 4.95. The molecular formula is C13H17N5O. The Kier molecular flexibility index (Phi) is 4.63. The van der Waals surface area contributed by atoms with Crippen LogP contribution >= 0.6 is 0 Å². The average Bonchev–Trinajstić information content (AvgIpc) is 2.42. The van der Waals surface area contributed by atoms with Crippen molar-refractivity contribution in [3.05, 3.63) is 36.0 Å². The summed E-state index contributed by atoms with van der Waals surface area (Å²) >= 11 is 0. The zero-order valence-electron chi connectivity index (χ0n) is 11.1. The number of benzene rings is 1. The molecule has 0 aliphatic heterocycles. The van der Waals surface area contributed by atoms with Gasteiger partial charge < -0.3 is 15.4 Å². The van der Waals surface area contributed by atoms with Gasteiger partial charge in [-0.05, 0) is 19.1 Å². The van der Waals surface area contributed by atoms with E-state index in [0.29, 0.717) is 24.9 Å². The Morgan fingerprint density at radius 2 is 2.00 bits per heavy atom. The fraction of sp³-hybridized carbons (Fsp3) is 0.308. The Morgan fingerprint density at radius 1 is 1.21 bits per heavy atom. The molecule has 2 rings (SSSR count). The van der Waals surface area contributed by atoms with E-state index >= 15 is 0 Å². The van der Waals surface area contributed by atoms with Crippen LogP contribution in [0.1, 0.15) is 5.56 Å². The Hall–Kier alpha value is -2.21. The maximum atomic E-state index is 4.95. The van der Waals surface area contributed by atoms with Crippen molar-refractivity contribution in [2.75, 3.05) is 30.9 Å². The minimum Gasteiger partial charge on any atom is -0.383 e. The fourth-order valence-corrected chi connectivity index (χ4v) is 1.49. The van der Waals surface area contributed by atoms with E-state index in [-0.39, 0.29) is 0 Å². The third-order valence-corrected chi connectivity index (χ3v) is 2.47. The van der Waals surface area contributed by atoms with Crippen molar-refractivity contribution in [2.45, 2.75) is 6.92 Å². The zero-order chi connectivity index (χ0) is 13.5. The largest absolute Gasteiger partial charge is 0.383 e. The summed E-state index contributed by atoms with van der Waals surface area (Å²) in [7, 11) is 1.65. The molecule has 100 valence electrons. The van der Waals surface area contributed by atoms with Crippen molar-refractivity contribution in [3.63, 3.8) is 0 Å². The lowest BCUT2D eigenvalue weighted by Gasteiger charge is -2.07. The summed E-state index contributed by atoms with van der Waals surface area (Å²) in [5, 5.41) is 14.0. The van der Waals surface area contributed by atoms with Crippen LogP contribution in [0.4, 0.5) is 17.5 Å². The third-order valence-electron chi connectivity index (χ3n) is 2.47. The van der Waals surface area contributed by atoms with E-state index < -0.39 is 0 Å². The highest BCUT2D eigenvalue weighted by Gasteiger charge is 2.00. The average molecular weight is 259 g/mol. The van der Waals surface area contributed by atoms with Gasteiger partial charge in [0.05, 0.1) is 12.8 Å². The minimum absolute atomic E-state index is 0.481. The van der Waals surface area contributed by atoms with Gasteiger partial charge in [0.1, 0.15) is 0 Å². The zero-order valence-corrected chi connectivity index (χ0v) is 11.1. The highest BCUT2D eigenvalue weighted by atomic mass is 16.5. The van der Waals surface area contributed by atoms with Crippen molar-refractivity contribution in [1.82, 2.24) is 15.2 Å². The van der Waals surface area contributed by atoms with Crippen LogP contribution in [0.2, 0.25) is 0 Å². The molecule has 0 aliphatic carbocycles. The van der Waals surface area contributed by atoms with Crippen LogP contribution in [0.25, 0.3) is 0 Å². The molecule has 0 fully saturated rings. The summed E-state index contributed by atoms with van der Waals surface area (Å²) in [4.78, 5) is 4.31. The summed E-state index contributed by atoms with van der Waals surface area (Å²) < 4.78 is 4.95. The van der Waals surface area contributed by atoms with Crippen LogP contribution < -0.4 is 10.6 Å². The van der Waals surface area contributed by atoms with Gasteiger partial charge in [-0.25, -0.2) is 0 Å². The van der Waals surface area contributed by atoms with E-state index in [1.54, 1.807) is 13.3 Å². The topological polar surface area (TPSA) is 72.0 Å². The second-order valence-corrected chi connectivity index (χ2v) is 4.08. The first-order valence-corrected chi connectivity index (χ1v) is 6.04. The van der Waals surface area contributed by atoms with Gasteiger partial charge in [-0.2, -0.15) is 10.1 Å². The SMILES string of the molecule is COCCNc1nncc(Nc2ccc(C)cc2)n1. The van der Waals surface area contributed by atoms with Crippen molar-refractivity contribution >= 4 is 17.5 Å². The molecule has 6 nitrogen and oxygen atoms in total. The number of ether oxygens (including phenoxy) is 1. The van der Waals surface area contributed by atoms with Gasteiger partial charge in [0.15, 0.2) is 5.82 Å². The summed E-state index contributed by atoms with van der Waals surface area (Å²) in [6.07, 6.45) is 1.58. The normalized spacial score (nSPS) is 10.2. The molecule has 0 amide bonds.